The smallest absolute Gasteiger partial charge is 0.0995 e. The molecule has 9 aromatic rings. The molecule has 0 unspecified atom stereocenters. The van der Waals surface area contributed by atoms with Gasteiger partial charge in [0.2, 0.25) is 0 Å². The fourth-order valence-electron chi connectivity index (χ4n) is 6.39. The van der Waals surface area contributed by atoms with E-state index in [4.69, 9.17) is 9.97 Å². The standard InChI is InChI=1S/C40H24N4S2/c1-2-8-26-19-27(16-15-25(26)7-1)28-17-18-31-32(20-28)40(36-14-6-12-34(44-36)38-22-46-24-42-38)30-10-4-3-9-29(30)39(31)35-13-5-11-33(43-35)37-21-45-23-41-37/h1-24H. The number of aromatic nitrogens is 4. The Morgan fingerprint density at radius 2 is 0.891 bits per heavy atom. The van der Waals surface area contributed by atoms with E-state index < -0.39 is 0 Å². The van der Waals surface area contributed by atoms with Crippen LogP contribution in [0.5, 0.6) is 0 Å². The van der Waals surface area contributed by atoms with Crippen molar-refractivity contribution >= 4 is 55.0 Å². The van der Waals surface area contributed by atoms with Gasteiger partial charge in [-0.3, -0.25) is 0 Å². The van der Waals surface area contributed by atoms with Crippen molar-refractivity contribution < 1.29 is 0 Å². The summed E-state index contributed by atoms with van der Waals surface area (Å²) in [6.07, 6.45) is 0. The van der Waals surface area contributed by atoms with Crippen LogP contribution in [0.25, 0.3) is 88.7 Å². The normalized spacial score (nSPS) is 11.5. The Hall–Kier alpha value is -5.56. The van der Waals surface area contributed by atoms with Gasteiger partial charge in [0.25, 0.3) is 0 Å². The van der Waals surface area contributed by atoms with Crippen LogP contribution in [0.4, 0.5) is 0 Å². The Balaban J connectivity index is 1.36. The third-order valence-corrected chi connectivity index (χ3v) is 9.68. The predicted molar refractivity (Wildman–Crippen MR) is 193 cm³/mol. The Morgan fingerprint density at radius 3 is 1.52 bits per heavy atom. The maximum absolute atomic E-state index is 5.20. The van der Waals surface area contributed by atoms with Crippen LogP contribution in [0.3, 0.4) is 0 Å². The number of fused-ring (bicyclic) bond motifs is 3. The van der Waals surface area contributed by atoms with Crippen molar-refractivity contribution in [3.8, 4) is 56.4 Å². The molecule has 0 amide bonds. The van der Waals surface area contributed by atoms with Gasteiger partial charge in [-0.1, -0.05) is 84.9 Å². The van der Waals surface area contributed by atoms with Crippen LogP contribution in [0.15, 0.2) is 143 Å². The maximum atomic E-state index is 5.20. The zero-order valence-electron chi connectivity index (χ0n) is 24.5. The van der Waals surface area contributed by atoms with Crippen LogP contribution in [-0.4, -0.2) is 19.9 Å². The molecule has 216 valence electrons. The second-order valence-electron chi connectivity index (χ2n) is 11.2. The summed E-state index contributed by atoms with van der Waals surface area (Å²) >= 11 is 3.16. The molecule has 0 saturated carbocycles. The molecule has 9 rings (SSSR count). The molecule has 0 aliphatic rings. The van der Waals surface area contributed by atoms with Crippen molar-refractivity contribution in [1.82, 2.24) is 19.9 Å². The summed E-state index contributed by atoms with van der Waals surface area (Å²) < 4.78 is 0. The highest BCUT2D eigenvalue weighted by atomic mass is 32.1. The number of thiazole rings is 2. The Labute approximate surface area is 273 Å². The lowest BCUT2D eigenvalue weighted by Gasteiger charge is -2.18. The van der Waals surface area contributed by atoms with Crippen molar-refractivity contribution in [1.29, 1.82) is 0 Å². The van der Waals surface area contributed by atoms with Crippen molar-refractivity contribution in [2.24, 2.45) is 0 Å². The van der Waals surface area contributed by atoms with E-state index in [2.05, 4.69) is 119 Å². The van der Waals surface area contributed by atoms with E-state index in [0.29, 0.717) is 0 Å². The van der Waals surface area contributed by atoms with Gasteiger partial charge in [0, 0.05) is 21.9 Å². The molecule has 5 aromatic carbocycles. The molecule has 0 aliphatic carbocycles. The highest BCUT2D eigenvalue weighted by molar-refractivity contribution is 7.08. The minimum absolute atomic E-state index is 0.864. The first-order chi connectivity index (χ1) is 22.8. The summed E-state index contributed by atoms with van der Waals surface area (Å²) in [6, 6.07) is 43.1. The fraction of sp³-hybridized carbons (Fsp3) is 0. The van der Waals surface area contributed by atoms with Crippen LogP contribution in [0.1, 0.15) is 0 Å². The number of rotatable bonds is 5. The predicted octanol–water partition coefficient (Wildman–Crippen LogP) is 11.2. The molecule has 0 aliphatic heterocycles. The second kappa shape index (κ2) is 11.1. The van der Waals surface area contributed by atoms with Gasteiger partial charge in [0.1, 0.15) is 0 Å². The van der Waals surface area contributed by atoms with Crippen molar-refractivity contribution in [3.05, 3.63) is 143 Å². The topological polar surface area (TPSA) is 51.6 Å². The fourth-order valence-corrected chi connectivity index (χ4v) is 7.48. The number of hydrogen-bond acceptors (Lipinski definition) is 6. The summed E-state index contributed by atoms with van der Waals surface area (Å²) in [6.45, 7) is 0. The molecular formula is C40H24N4S2. The Kier molecular flexibility index (Phi) is 6.47. The molecule has 4 nitrogen and oxygen atoms in total. The third kappa shape index (κ3) is 4.58. The van der Waals surface area contributed by atoms with E-state index in [1.54, 1.807) is 22.7 Å². The van der Waals surface area contributed by atoms with E-state index >= 15 is 0 Å². The first-order valence-corrected chi connectivity index (χ1v) is 16.9. The molecule has 6 heteroatoms. The summed E-state index contributed by atoms with van der Waals surface area (Å²) in [4.78, 5) is 19.5. The highest BCUT2D eigenvalue weighted by Gasteiger charge is 2.20. The molecule has 0 fully saturated rings. The first kappa shape index (κ1) is 26.8. The molecule has 0 saturated heterocycles. The summed E-state index contributed by atoms with van der Waals surface area (Å²) in [7, 11) is 0. The quantitative estimate of drug-likeness (QED) is 0.179. The molecule has 0 atom stereocenters. The molecular weight excluding hydrogens is 601 g/mol. The molecule has 0 bridgehead atoms. The minimum Gasteiger partial charge on any atom is -0.246 e. The van der Waals surface area contributed by atoms with E-state index in [9.17, 15) is 0 Å². The largest absolute Gasteiger partial charge is 0.246 e. The van der Waals surface area contributed by atoms with Gasteiger partial charge in [-0.25, -0.2) is 19.9 Å². The van der Waals surface area contributed by atoms with E-state index in [1.807, 2.05) is 33.9 Å². The van der Waals surface area contributed by atoms with Gasteiger partial charge >= 0.3 is 0 Å². The molecule has 0 spiro atoms. The van der Waals surface area contributed by atoms with Gasteiger partial charge < -0.3 is 0 Å². The number of hydrogen-bond donors (Lipinski definition) is 0. The third-order valence-electron chi connectivity index (χ3n) is 8.51. The average Bonchev–Trinajstić information content (AvgIpc) is 3.86. The Morgan fingerprint density at radius 1 is 0.370 bits per heavy atom. The monoisotopic (exact) mass is 624 g/mol. The van der Waals surface area contributed by atoms with Crippen molar-refractivity contribution in [2.75, 3.05) is 0 Å². The highest BCUT2D eigenvalue weighted by Crippen LogP contribution is 2.44. The second-order valence-corrected chi connectivity index (χ2v) is 12.6. The Bertz CT molecular complexity index is 2540. The first-order valence-electron chi connectivity index (χ1n) is 15.0. The maximum Gasteiger partial charge on any atom is 0.0995 e. The van der Waals surface area contributed by atoms with Crippen molar-refractivity contribution in [3.63, 3.8) is 0 Å². The number of nitrogens with zero attached hydrogens (tertiary/aromatic N) is 4. The van der Waals surface area contributed by atoms with Gasteiger partial charge in [0.15, 0.2) is 0 Å². The van der Waals surface area contributed by atoms with Crippen LogP contribution in [0, 0.1) is 0 Å². The van der Waals surface area contributed by atoms with Crippen LogP contribution in [0.2, 0.25) is 0 Å². The van der Waals surface area contributed by atoms with Gasteiger partial charge in [-0.05, 0) is 79.8 Å². The van der Waals surface area contributed by atoms with E-state index in [0.717, 1.165) is 72.4 Å². The molecule has 4 heterocycles. The molecule has 0 N–H and O–H groups in total. The van der Waals surface area contributed by atoms with Gasteiger partial charge in [0.05, 0.1) is 45.2 Å². The summed E-state index contributed by atoms with van der Waals surface area (Å²) in [5.74, 6) is 0. The van der Waals surface area contributed by atoms with Crippen LogP contribution in [-0.2, 0) is 0 Å². The lowest BCUT2D eigenvalue weighted by atomic mass is 9.87. The minimum atomic E-state index is 0.864. The van der Waals surface area contributed by atoms with E-state index in [-0.39, 0.29) is 0 Å². The van der Waals surface area contributed by atoms with Crippen LogP contribution < -0.4 is 0 Å². The lowest BCUT2D eigenvalue weighted by molar-refractivity contribution is 1.28. The van der Waals surface area contributed by atoms with Crippen LogP contribution >= 0.6 is 22.7 Å². The van der Waals surface area contributed by atoms with Crippen molar-refractivity contribution in [2.45, 2.75) is 0 Å². The zero-order chi connectivity index (χ0) is 30.5. The van der Waals surface area contributed by atoms with Gasteiger partial charge in [-0.15, -0.1) is 22.7 Å². The zero-order valence-corrected chi connectivity index (χ0v) is 26.1. The average molecular weight is 625 g/mol. The summed E-state index contributed by atoms with van der Waals surface area (Å²) in [5.41, 5.74) is 13.6. The SMILES string of the molecule is c1cc(-c2cscn2)nc(-c2c3ccccc3c(-c3cccc(-c4cscn4)n3)c3cc(-c4ccc5ccccc5c4)ccc23)c1. The molecule has 4 aromatic heterocycles. The number of pyridine rings is 2. The summed E-state index contributed by atoms with van der Waals surface area (Å²) in [5, 5.41) is 11.1. The van der Waals surface area contributed by atoms with Gasteiger partial charge in [-0.2, -0.15) is 0 Å². The molecule has 46 heavy (non-hydrogen) atoms. The number of benzene rings is 5. The lowest BCUT2D eigenvalue weighted by Crippen LogP contribution is -1.96. The van der Waals surface area contributed by atoms with E-state index in [1.165, 1.54) is 16.3 Å². The molecule has 0 radical (unpaired) electrons.